The topological polar surface area (TPSA) is 69.7 Å². The van der Waals surface area contributed by atoms with E-state index < -0.39 is 6.04 Å². The quantitative estimate of drug-likeness (QED) is 0.758. The van der Waals surface area contributed by atoms with Crippen molar-refractivity contribution in [2.75, 3.05) is 26.2 Å². The van der Waals surface area contributed by atoms with E-state index in [1.807, 2.05) is 30.0 Å². The molecule has 0 aromatic heterocycles. The standard InChI is InChI=1S/C26H30FN3O3/c1-18-6-2-3-7-22(18)24(31)28-23(26(33)29-14-4-5-15-29)19-12-16-30(17-13-19)25(32)20-8-10-21(27)11-9-20/h2-3,6-11,19,23H,4-5,12-17H2,1H3,(H,28,31). The minimum Gasteiger partial charge on any atom is -0.341 e. The third kappa shape index (κ3) is 5.24. The zero-order valence-electron chi connectivity index (χ0n) is 18.9. The van der Waals surface area contributed by atoms with Gasteiger partial charge in [-0.05, 0) is 74.4 Å². The molecule has 2 heterocycles. The van der Waals surface area contributed by atoms with E-state index in [1.54, 1.807) is 11.0 Å². The number of hydrogen-bond acceptors (Lipinski definition) is 3. The summed E-state index contributed by atoms with van der Waals surface area (Å²) in [6.45, 7) is 4.30. The van der Waals surface area contributed by atoms with Gasteiger partial charge in [-0.2, -0.15) is 0 Å². The molecule has 174 valence electrons. The molecule has 1 atom stereocenters. The summed E-state index contributed by atoms with van der Waals surface area (Å²) in [5.41, 5.74) is 1.88. The van der Waals surface area contributed by atoms with E-state index in [1.165, 1.54) is 24.3 Å². The van der Waals surface area contributed by atoms with E-state index in [0.29, 0.717) is 37.1 Å². The van der Waals surface area contributed by atoms with Crippen LogP contribution in [0.4, 0.5) is 4.39 Å². The van der Waals surface area contributed by atoms with Crippen LogP contribution in [0, 0.1) is 18.7 Å². The van der Waals surface area contributed by atoms with Gasteiger partial charge in [0.05, 0.1) is 0 Å². The number of hydrogen-bond donors (Lipinski definition) is 1. The van der Waals surface area contributed by atoms with Gasteiger partial charge < -0.3 is 15.1 Å². The van der Waals surface area contributed by atoms with Crippen molar-refractivity contribution in [1.82, 2.24) is 15.1 Å². The van der Waals surface area contributed by atoms with Crippen LogP contribution in [0.2, 0.25) is 0 Å². The molecule has 3 amide bonds. The molecule has 0 bridgehead atoms. The summed E-state index contributed by atoms with van der Waals surface area (Å²) < 4.78 is 13.2. The fourth-order valence-corrected chi connectivity index (χ4v) is 4.77. The maximum Gasteiger partial charge on any atom is 0.253 e. The highest BCUT2D eigenvalue weighted by Crippen LogP contribution is 2.25. The molecule has 6 nitrogen and oxygen atoms in total. The molecule has 2 saturated heterocycles. The summed E-state index contributed by atoms with van der Waals surface area (Å²) in [7, 11) is 0. The van der Waals surface area contributed by atoms with Crippen LogP contribution in [0.5, 0.6) is 0 Å². The molecule has 2 aliphatic heterocycles. The number of piperidine rings is 1. The Hall–Kier alpha value is -3.22. The zero-order chi connectivity index (χ0) is 23.4. The SMILES string of the molecule is Cc1ccccc1C(=O)NC(C(=O)N1CCCC1)C1CCN(C(=O)c2ccc(F)cc2)CC1. The van der Waals surface area contributed by atoms with E-state index in [2.05, 4.69) is 5.32 Å². The van der Waals surface area contributed by atoms with Gasteiger partial charge in [0.25, 0.3) is 11.8 Å². The Kier molecular flexibility index (Phi) is 7.06. The Labute approximate surface area is 193 Å². The largest absolute Gasteiger partial charge is 0.341 e. The van der Waals surface area contributed by atoms with E-state index in [0.717, 1.165) is 31.5 Å². The van der Waals surface area contributed by atoms with E-state index in [4.69, 9.17) is 0 Å². The molecule has 0 spiro atoms. The summed E-state index contributed by atoms with van der Waals surface area (Å²) in [4.78, 5) is 42.8. The molecule has 33 heavy (non-hydrogen) atoms. The molecular weight excluding hydrogens is 421 g/mol. The van der Waals surface area contributed by atoms with Crippen molar-refractivity contribution in [2.24, 2.45) is 5.92 Å². The molecule has 0 saturated carbocycles. The summed E-state index contributed by atoms with van der Waals surface area (Å²) in [6, 6.07) is 12.3. The number of rotatable bonds is 5. The van der Waals surface area contributed by atoms with Gasteiger partial charge >= 0.3 is 0 Å². The maximum atomic E-state index is 13.4. The number of amides is 3. The van der Waals surface area contributed by atoms with Gasteiger partial charge in [0, 0.05) is 37.3 Å². The molecule has 1 N–H and O–H groups in total. The van der Waals surface area contributed by atoms with Crippen LogP contribution in [0.3, 0.4) is 0 Å². The molecule has 2 aliphatic rings. The average Bonchev–Trinajstić information content (AvgIpc) is 3.38. The Morgan fingerprint density at radius 2 is 1.55 bits per heavy atom. The van der Waals surface area contributed by atoms with E-state index in [-0.39, 0.29) is 29.5 Å². The van der Waals surface area contributed by atoms with Crippen molar-refractivity contribution >= 4 is 17.7 Å². The minimum absolute atomic E-state index is 0.0299. The monoisotopic (exact) mass is 451 g/mol. The lowest BCUT2D eigenvalue weighted by Gasteiger charge is -2.37. The maximum absolute atomic E-state index is 13.4. The Morgan fingerprint density at radius 3 is 2.18 bits per heavy atom. The van der Waals surface area contributed by atoms with Crippen LogP contribution in [0.1, 0.15) is 52.0 Å². The molecular formula is C26H30FN3O3. The van der Waals surface area contributed by atoms with Crippen LogP contribution in [0.25, 0.3) is 0 Å². The Morgan fingerprint density at radius 1 is 0.909 bits per heavy atom. The number of aryl methyl sites for hydroxylation is 1. The molecule has 7 heteroatoms. The first kappa shape index (κ1) is 23.0. The fraction of sp³-hybridized carbons (Fsp3) is 0.423. The summed E-state index contributed by atoms with van der Waals surface area (Å²) in [6.07, 6.45) is 3.19. The second-order valence-electron chi connectivity index (χ2n) is 8.93. The normalized spacial score (nSPS) is 17.6. The third-order valence-electron chi connectivity index (χ3n) is 6.75. The van der Waals surface area contributed by atoms with Crippen molar-refractivity contribution in [3.63, 3.8) is 0 Å². The van der Waals surface area contributed by atoms with Crippen molar-refractivity contribution < 1.29 is 18.8 Å². The van der Waals surface area contributed by atoms with Gasteiger partial charge in [-0.3, -0.25) is 14.4 Å². The van der Waals surface area contributed by atoms with Crippen molar-refractivity contribution in [3.05, 3.63) is 71.0 Å². The first-order valence-corrected chi connectivity index (χ1v) is 11.6. The van der Waals surface area contributed by atoms with Crippen molar-refractivity contribution in [2.45, 2.75) is 38.6 Å². The Balaban J connectivity index is 1.46. The van der Waals surface area contributed by atoms with E-state index in [9.17, 15) is 18.8 Å². The van der Waals surface area contributed by atoms with Crippen LogP contribution < -0.4 is 5.32 Å². The molecule has 1 unspecified atom stereocenters. The van der Waals surface area contributed by atoms with Crippen LogP contribution in [0.15, 0.2) is 48.5 Å². The predicted octanol–water partition coefficient (Wildman–Crippen LogP) is 3.41. The lowest BCUT2D eigenvalue weighted by molar-refractivity contribution is -0.134. The highest BCUT2D eigenvalue weighted by atomic mass is 19.1. The molecule has 2 aromatic rings. The highest BCUT2D eigenvalue weighted by Gasteiger charge is 2.37. The number of nitrogens with one attached hydrogen (secondary N) is 1. The smallest absolute Gasteiger partial charge is 0.253 e. The highest BCUT2D eigenvalue weighted by molar-refractivity contribution is 5.99. The van der Waals surface area contributed by atoms with Crippen LogP contribution in [-0.4, -0.2) is 59.7 Å². The number of carbonyl (C=O) groups excluding carboxylic acids is 3. The van der Waals surface area contributed by atoms with Crippen LogP contribution in [-0.2, 0) is 4.79 Å². The Bertz CT molecular complexity index is 1010. The molecule has 0 radical (unpaired) electrons. The second kappa shape index (κ2) is 10.1. The molecule has 0 aliphatic carbocycles. The van der Waals surface area contributed by atoms with Gasteiger partial charge in [0.15, 0.2) is 0 Å². The minimum atomic E-state index is -0.613. The number of carbonyl (C=O) groups is 3. The first-order valence-electron chi connectivity index (χ1n) is 11.6. The summed E-state index contributed by atoms with van der Waals surface area (Å²) in [5, 5.41) is 3.03. The summed E-state index contributed by atoms with van der Waals surface area (Å²) in [5.74, 6) is -0.839. The van der Waals surface area contributed by atoms with Gasteiger partial charge in [0.2, 0.25) is 5.91 Å². The number of likely N-dealkylation sites (tertiary alicyclic amines) is 2. The average molecular weight is 452 g/mol. The number of halogens is 1. The second-order valence-corrected chi connectivity index (χ2v) is 8.93. The molecule has 4 rings (SSSR count). The lowest BCUT2D eigenvalue weighted by Crippen LogP contribution is -2.54. The fourth-order valence-electron chi connectivity index (χ4n) is 4.77. The predicted molar refractivity (Wildman–Crippen MR) is 123 cm³/mol. The van der Waals surface area contributed by atoms with Gasteiger partial charge in [-0.15, -0.1) is 0 Å². The number of benzene rings is 2. The third-order valence-corrected chi connectivity index (χ3v) is 6.75. The molecule has 2 fully saturated rings. The zero-order valence-corrected chi connectivity index (χ0v) is 18.9. The molecule has 2 aromatic carbocycles. The van der Waals surface area contributed by atoms with Gasteiger partial charge in [0.1, 0.15) is 11.9 Å². The lowest BCUT2D eigenvalue weighted by atomic mass is 9.87. The number of nitrogens with zero attached hydrogens (tertiary/aromatic N) is 2. The van der Waals surface area contributed by atoms with Crippen LogP contribution >= 0.6 is 0 Å². The van der Waals surface area contributed by atoms with Crippen molar-refractivity contribution in [1.29, 1.82) is 0 Å². The van der Waals surface area contributed by atoms with Crippen molar-refractivity contribution in [3.8, 4) is 0 Å². The van der Waals surface area contributed by atoms with Gasteiger partial charge in [-0.25, -0.2) is 4.39 Å². The first-order chi connectivity index (χ1) is 15.9. The summed E-state index contributed by atoms with van der Waals surface area (Å²) >= 11 is 0. The van der Waals surface area contributed by atoms with E-state index >= 15 is 0 Å². The van der Waals surface area contributed by atoms with Gasteiger partial charge in [-0.1, -0.05) is 18.2 Å².